The van der Waals surface area contributed by atoms with Crippen LogP contribution in [0.1, 0.15) is 21.5 Å². The van der Waals surface area contributed by atoms with E-state index in [1.807, 2.05) is 0 Å². The Balaban J connectivity index is 2.31. The SMILES string of the molecule is Cc1cc(C(Br)Cc2cccc(F)c2F)c(F)cc1F. The molecule has 0 nitrogen and oxygen atoms in total. The highest BCUT2D eigenvalue weighted by atomic mass is 79.9. The third-order valence-electron chi connectivity index (χ3n) is 3.05. The number of aryl methyl sites for hydroxylation is 1. The molecular formula is C15H11BrF4. The van der Waals surface area contributed by atoms with Crippen LogP contribution in [-0.2, 0) is 6.42 Å². The number of hydrogen-bond acceptors (Lipinski definition) is 0. The van der Waals surface area contributed by atoms with Gasteiger partial charge < -0.3 is 0 Å². The Hall–Kier alpha value is -1.36. The predicted molar refractivity (Wildman–Crippen MR) is 72.8 cm³/mol. The van der Waals surface area contributed by atoms with Crippen molar-refractivity contribution in [3.05, 3.63) is 70.3 Å². The molecule has 0 aliphatic rings. The minimum absolute atomic E-state index is 0.0611. The van der Waals surface area contributed by atoms with E-state index in [1.165, 1.54) is 25.1 Å². The number of rotatable bonds is 3. The average molecular weight is 347 g/mol. The number of alkyl halides is 1. The maximum absolute atomic E-state index is 13.7. The smallest absolute Gasteiger partial charge is 0.162 e. The summed E-state index contributed by atoms with van der Waals surface area (Å²) in [4.78, 5) is -0.571. The highest BCUT2D eigenvalue weighted by Gasteiger charge is 2.18. The zero-order valence-corrected chi connectivity index (χ0v) is 12.1. The van der Waals surface area contributed by atoms with Crippen molar-refractivity contribution < 1.29 is 17.6 Å². The van der Waals surface area contributed by atoms with Crippen molar-refractivity contribution in [2.24, 2.45) is 0 Å². The topological polar surface area (TPSA) is 0 Å². The van der Waals surface area contributed by atoms with E-state index in [0.29, 0.717) is 5.56 Å². The Labute approximate surface area is 122 Å². The number of hydrogen-bond donors (Lipinski definition) is 0. The molecule has 0 bridgehead atoms. The van der Waals surface area contributed by atoms with Gasteiger partial charge in [-0.2, -0.15) is 0 Å². The molecule has 0 spiro atoms. The molecule has 0 N–H and O–H groups in total. The highest BCUT2D eigenvalue weighted by molar-refractivity contribution is 9.09. The minimum atomic E-state index is -0.948. The first kappa shape index (κ1) is 15.0. The molecule has 1 atom stereocenters. The highest BCUT2D eigenvalue weighted by Crippen LogP contribution is 2.31. The van der Waals surface area contributed by atoms with Crippen molar-refractivity contribution in [2.45, 2.75) is 18.2 Å². The van der Waals surface area contributed by atoms with Gasteiger partial charge in [-0.05, 0) is 36.6 Å². The fourth-order valence-corrected chi connectivity index (χ4v) is 2.63. The maximum atomic E-state index is 13.7. The molecule has 1 unspecified atom stereocenters. The lowest BCUT2D eigenvalue weighted by atomic mass is 10.0. The average Bonchev–Trinajstić information content (AvgIpc) is 2.39. The molecule has 0 heterocycles. The Bertz CT molecular complexity index is 640. The van der Waals surface area contributed by atoms with Crippen LogP contribution in [0, 0.1) is 30.2 Å². The first-order valence-corrected chi connectivity index (χ1v) is 6.84. The third-order valence-corrected chi connectivity index (χ3v) is 3.86. The Morgan fingerprint density at radius 3 is 2.40 bits per heavy atom. The van der Waals surface area contributed by atoms with Crippen LogP contribution in [0.25, 0.3) is 0 Å². The van der Waals surface area contributed by atoms with E-state index >= 15 is 0 Å². The van der Waals surface area contributed by atoms with E-state index in [1.54, 1.807) is 0 Å². The molecule has 106 valence electrons. The van der Waals surface area contributed by atoms with Crippen molar-refractivity contribution in [2.75, 3.05) is 0 Å². The largest absolute Gasteiger partial charge is 0.207 e. The van der Waals surface area contributed by atoms with Crippen LogP contribution in [0.3, 0.4) is 0 Å². The van der Waals surface area contributed by atoms with Gasteiger partial charge in [0.25, 0.3) is 0 Å². The second-order valence-electron chi connectivity index (χ2n) is 4.51. The molecule has 5 heteroatoms. The molecule has 2 rings (SSSR count). The zero-order valence-electron chi connectivity index (χ0n) is 10.6. The van der Waals surface area contributed by atoms with Gasteiger partial charge in [0.1, 0.15) is 11.6 Å². The van der Waals surface area contributed by atoms with Crippen molar-refractivity contribution in [1.29, 1.82) is 0 Å². The number of halogens is 5. The van der Waals surface area contributed by atoms with Gasteiger partial charge in [0.2, 0.25) is 0 Å². The zero-order chi connectivity index (χ0) is 14.9. The predicted octanol–water partition coefficient (Wildman–Crippen LogP) is 5.23. The van der Waals surface area contributed by atoms with Gasteiger partial charge in [-0.3, -0.25) is 0 Å². The lowest BCUT2D eigenvalue weighted by Crippen LogP contribution is -2.03. The lowest BCUT2D eigenvalue weighted by molar-refractivity contribution is 0.497. The normalized spacial score (nSPS) is 12.5. The molecule has 2 aromatic rings. The second kappa shape index (κ2) is 5.95. The first-order chi connectivity index (χ1) is 9.40. The molecule has 0 aliphatic heterocycles. The lowest BCUT2D eigenvalue weighted by Gasteiger charge is -2.13. The van der Waals surface area contributed by atoms with Gasteiger partial charge in [0.05, 0.1) is 0 Å². The van der Waals surface area contributed by atoms with Gasteiger partial charge in [-0.15, -0.1) is 0 Å². The number of benzene rings is 2. The quantitative estimate of drug-likeness (QED) is 0.527. The molecule has 0 saturated carbocycles. The third kappa shape index (κ3) is 3.03. The molecule has 0 aliphatic carbocycles. The maximum Gasteiger partial charge on any atom is 0.162 e. The second-order valence-corrected chi connectivity index (χ2v) is 5.61. The van der Waals surface area contributed by atoms with Crippen LogP contribution in [0.4, 0.5) is 17.6 Å². The summed E-state index contributed by atoms with van der Waals surface area (Å²) in [6.45, 7) is 1.51. The van der Waals surface area contributed by atoms with Gasteiger partial charge >= 0.3 is 0 Å². The molecule has 0 fully saturated rings. The molecule has 0 saturated heterocycles. The van der Waals surface area contributed by atoms with Gasteiger partial charge in [-0.1, -0.05) is 28.1 Å². The van der Waals surface area contributed by atoms with Gasteiger partial charge in [0.15, 0.2) is 11.6 Å². The monoisotopic (exact) mass is 346 g/mol. The van der Waals surface area contributed by atoms with Crippen molar-refractivity contribution in [3.8, 4) is 0 Å². The molecule has 20 heavy (non-hydrogen) atoms. The fraction of sp³-hybridized carbons (Fsp3) is 0.200. The first-order valence-electron chi connectivity index (χ1n) is 5.92. The van der Waals surface area contributed by atoms with E-state index in [0.717, 1.165) is 12.1 Å². The molecule has 0 amide bonds. The van der Waals surface area contributed by atoms with Crippen LogP contribution in [-0.4, -0.2) is 0 Å². The van der Waals surface area contributed by atoms with Crippen molar-refractivity contribution in [3.63, 3.8) is 0 Å². The van der Waals surface area contributed by atoms with E-state index in [9.17, 15) is 17.6 Å². The summed E-state index contributed by atoms with van der Waals surface area (Å²) >= 11 is 3.24. The summed E-state index contributed by atoms with van der Waals surface area (Å²) in [7, 11) is 0. The summed E-state index contributed by atoms with van der Waals surface area (Å²) < 4.78 is 53.6. The summed E-state index contributed by atoms with van der Waals surface area (Å²) in [5.74, 6) is -3.25. The van der Waals surface area contributed by atoms with Crippen LogP contribution < -0.4 is 0 Å². The van der Waals surface area contributed by atoms with E-state index in [-0.39, 0.29) is 17.5 Å². The Morgan fingerprint density at radius 1 is 1.00 bits per heavy atom. The molecule has 0 aromatic heterocycles. The van der Waals surface area contributed by atoms with Crippen LogP contribution >= 0.6 is 15.9 Å². The van der Waals surface area contributed by atoms with Gasteiger partial charge in [0, 0.05) is 16.5 Å². The van der Waals surface area contributed by atoms with Crippen LogP contribution in [0.2, 0.25) is 0 Å². The summed E-state index contributed by atoms with van der Waals surface area (Å²) in [5, 5.41) is 0. The van der Waals surface area contributed by atoms with Crippen molar-refractivity contribution in [1.82, 2.24) is 0 Å². The van der Waals surface area contributed by atoms with E-state index in [4.69, 9.17) is 0 Å². The molecule has 0 radical (unpaired) electrons. The van der Waals surface area contributed by atoms with Gasteiger partial charge in [-0.25, -0.2) is 17.6 Å². The van der Waals surface area contributed by atoms with Crippen LogP contribution in [0.15, 0.2) is 30.3 Å². The minimum Gasteiger partial charge on any atom is -0.207 e. The summed E-state index contributed by atoms with van der Waals surface area (Å²) in [6.07, 6.45) is 0.0611. The fourth-order valence-electron chi connectivity index (χ4n) is 1.93. The summed E-state index contributed by atoms with van der Waals surface area (Å²) in [6, 6.07) is 5.99. The summed E-state index contributed by atoms with van der Waals surface area (Å²) in [5.41, 5.74) is 0.645. The van der Waals surface area contributed by atoms with Crippen molar-refractivity contribution >= 4 is 15.9 Å². The van der Waals surface area contributed by atoms with Crippen LogP contribution in [0.5, 0.6) is 0 Å². The Kier molecular flexibility index (Phi) is 4.48. The van der Waals surface area contributed by atoms with E-state index in [2.05, 4.69) is 15.9 Å². The standard InChI is InChI=1S/C15H11BrF4/c1-8-5-10(14(19)7-13(8)18)11(16)6-9-3-2-4-12(17)15(9)20/h2-5,7,11H,6H2,1H3. The molecule has 2 aromatic carbocycles. The molecular weight excluding hydrogens is 336 g/mol. The van der Waals surface area contributed by atoms with E-state index < -0.39 is 28.1 Å². The Morgan fingerprint density at radius 2 is 1.70 bits per heavy atom.